The summed E-state index contributed by atoms with van der Waals surface area (Å²) < 4.78 is 36.4. The molecule has 0 bridgehead atoms. The smallest absolute Gasteiger partial charge is 0.377 e. The molecule has 1 amide bonds. The van der Waals surface area contributed by atoms with Crippen LogP contribution in [-0.4, -0.2) is 35.6 Å². The molecule has 0 saturated heterocycles. The van der Waals surface area contributed by atoms with E-state index in [-0.39, 0.29) is 18.9 Å². The summed E-state index contributed by atoms with van der Waals surface area (Å²) in [6.45, 7) is 5.58. The van der Waals surface area contributed by atoms with Gasteiger partial charge in [0.25, 0.3) is 5.91 Å². The van der Waals surface area contributed by atoms with Crippen LogP contribution in [0.15, 0.2) is 12.1 Å². The van der Waals surface area contributed by atoms with Crippen LogP contribution in [0, 0.1) is 20.8 Å². The number of carbonyl (C=O) groups excluding carboxylic acids is 2. The largest absolute Gasteiger partial charge is 0.421 e. The summed E-state index contributed by atoms with van der Waals surface area (Å²) >= 11 is 0. The predicted octanol–water partition coefficient (Wildman–Crippen LogP) is 2.61. The van der Waals surface area contributed by atoms with Crippen LogP contribution in [0.5, 0.6) is 0 Å². The maximum Gasteiger partial charge on any atom is 0.421 e. The highest BCUT2D eigenvalue weighted by atomic mass is 19.4. The number of hydrogen-bond acceptors (Lipinski definition) is 3. The molecule has 1 atom stereocenters. The molecule has 0 aliphatic rings. The molecule has 0 saturated carbocycles. The van der Waals surface area contributed by atoms with Gasteiger partial charge in [0.15, 0.2) is 5.78 Å². The van der Waals surface area contributed by atoms with Gasteiger partial charge >= 0.3 is 6.18 Å². The van der Waals surface area contributed by atoms with Crippen LogP contribution in [-0.2, 0) is 4.79 Å². The Kier molecular flexibility index (Phi) is 6.32. The number of alkyl halides is 3. The van der Waals surface area contributed by atoms with E-state index < -0.39 is 24.5 Å². The molecule has 0 aliphatic carbocycles. The molecular formula is C16H20F3NO3. The first-order valence-electron chi connectivity index (χ1n) is 7.17. The molecule has 2 N–H and O–H groups in total. The number of amides is 1. The Balaban J connectivity index is 2.51. The van der Waals surface area contributed by atoms with Gasteiger partial charge in [0.1, 0.15) is 0 Å². The zero-order valence-electron chi connectivity index (χ0n) is 13.3. The second-order valence-corrected chi connectivity index (χ2v) is 5.54. The Bertz CT molecular complexity index is 574. The molecule has 7 heteroatoms. The molecule has 0 aliphatic heterocycles. The van der Waals surface area contributed by atoms with Gasteiger partial charge in [-0.25, -0.2) is 0 Å². The summed E-state index contributed by atoms with van der Waals surface area (Å²) in [6, 6.07) is 3.73. The fraction of sp³-hybridized carbons (Fsp3) is 0.500. The van der Waals surface area contributed by atoms with Crippen molar-refractivity contribution in [2.45, 2.75) is 45.9 Å². The van der Waals surface area contributed by atoms with Crippen molar-refractivity contribution in [2.75, 3.05) is 6.54 Å². The van der Waals surface area contributed by atoms with Crippen molar-refractivity contribution in [1.29, 1.82) is 0 Å². The number of aliphatic hydroxyl groups is 1. The molecule has 128 valence electrons. The summed E-state index contributed by atoms with van der Waals surface area (Å²) in [5.74, 6) is -1.63. The van der Waals surface area contributed by atoms with E-state index in [2.05, 4.69) is 5.32 Å². The van der Waals surface area contributed by atoms with Gasteiger partial charge in [-0.05, 0) is 38.3 Å². The second-order valence-electron chi connectivity index (χ2n) is 5.54. The molecule has 1 unspecified atom stereocenters. The zero-order valence-corrected chi connectivity index (χ0v) is 13.3. The van der Waals surface area contributed by atoms with E-state index in [1.807, 2.05) is 19.1 Å². The molecular weight excluding hydrogens is 311 g/mol. The number of aliphatic hydroxyl groups excluding tert-OH is 1. The average Bonchev–Trinajstić information content (AvgIpc) is 2.40. The number of rotatable bonds is 6. The van der Waals surface area contributed by atoms with E-state index >= 15 is 0 Å². The molecule has 4 nitrogen and oxygen atoms in total. The first kappa shape index (κ1) is 19.2. The fourth-order valence-electron chi connectivity index (χ4n) is 2.41. The maximum atomic E-state index is 12.1. The van der Waals surface area contributed by atoms with E-state index in [0.717, 1.165) is 16.7 Å². The van der Waals surface area contributed by atoms with E-state index in [9.17, 15) is 22.8 Å². The topological polar surface area (TPSA) is 66.4 Å². The SMILES string of the molecule is Cc1cc(C)c(C(=O)NCCCC(=O)C(O)C(F)(F)F)c(C)c1. The second kappa shape index (κ2) is 7.59. The molecule has 1 aromatic rings. The maximum absolute atomic E-state index is 12.1. The van der Waals surface area contributed by atoms with Crippen molar-refractivity contribution in [3.63, 3.8) is 0 Å². The Hall–Kier alpha value is -1.89. The number of benzene rings is 1. The van der Waals surface area contributed by atoms with Gasteiger partial charge in [0, 0.05) is 18.5 Å². The lowest BCUT2D eigenvalue weighted by Crippen LogP contribution is -2.36. The number of ketones is 1. The predicted molar refractivity (Wildman–Crippen MR) is 79.3 cm³/mol. The lowest BCUT2D eigenvalue weighted by atomic mass is 9.99. The Morgan fingerprint density at radius 3 is 2.17 bits per heavy atom. The van der Waals surface area contributed by atoms with Crippen molar-refractivity contribution in [1.82, 2.24) is 5.32 Å². The van der Waals surface area contributed by atoms with E-state index in [0.29, 0.717) is 5.56 Å². The normalized spacial score (nSPS) is 12.8. The number of aryl methyl sites for hydroxylation is 3. The number of nitrogens with one attached hydrogen (secondary N) is 1. The summed E-state index contributed by atoms with van der Waals surface area (Å²) in [4.78, 5) is 23.3. The van der Waals surface area contributed by atoms with Gasteiger partial charge in [-0.2, -0.15) is 13.2 Å². The summed E-state index contributed by atoms with van der Waals surface area (Å²) in [6.07, 6.45) is -8.33. The van der Waals surface area contributed by atoms with Gasteiger partial charge in [0.05, 0.1) is 0 Å². The van der Waals surface area contributed by atoms with E-state index in [4.69, 9.17) is 5.11 Å². The van der Waals surface area contributed by atoms with Crippen LogP contribution in [0.4, 0.5) is 13.2 Å². The zero-order chi connectivity index (χ0) is 17.8. The molecule has 0 aromatic heterocycles. The molecule has 0 radical (unpaired) electrons. The molecule has 1 rings (SSSR count). The summed E-state index contributed by atoms with van der Waals surface area (Å²) in [7, 11) is 0. The van der Waals surface area contributed by atoms with Gasteiger partial charge in [-0.1, -0.05) is 17.7 Å². The van der Waals surface area contributed by atoms with E-state index in [1.54, 1.807) is 13.8 Å². The highest BCUT2D eigenvalue weighted by molar-refractivity contribution is 5.97. The molecule has 23 heavy (non-hydrogen) atoms. The first-order valence-corrected chi connectivity index (χ1v) is 7.17. The summed E-state index contributed by atoms with van der Waals surface area (Å²) in [5, 5.41) is 11.4. The van der Waals surface area contributed by atoms with Crippen LogP contribution >= 0.6 is 0 Å². The third-order valence-electron chi connectivity index (χ3n) is 3.40. The minimum atomic E-state index is -4.95. The molecule has 0 fully saturated rings. The van der Waals surface area contributed by atoms with Gasteiger partial charge < -0.3 is 10.4 Å². The van der Waals surface area contributed by atoms with Crippen LogP contribution in [0.2, 0.25) is 0 Å². The quantitative estimate of drug-likeness (QED) is 0.788. The monoisotopic (exact) mass is 331 g/mol. The van der Waals surface area contributed by atoms with Crippen molar-refractivity contribution < 1.29 is 27.9 Å². The number of Topliss-reactive ketones (excluding diaryl/α,β-unsaturated/α-hetero) is 1. The minimum absolute atomic E-state index is 0.0294. The van der Waals surface area contributed by atoms with Crippen LogP contribution < -0.4 is 5.32 Å². The number of hydrogen-bond donors (Lipinski definition) is 2. The lowest BCUT2D eigenvalue weighted by molar-refractivity contribution is -0.203. The van der Waals surface area contributed by atoms with Gasteiger partial charge in [-0.15, -0.1) is 0 Å². The number of halogens is 3. The Morgan fingerprint density at radius 2 is 1.70 bits per heavy atom. The molecule has 1 aromatic carbocycles. The molecule has 0 spiro atoms. The van der Waals surface area contributed by atoms with E-state index in [1.165, 1.54) is 0 Å². The Morgan fingerprint density at radius 1 is 1.17 bits per heavy atom. The van der Waals surface area contributed by atoms with Crippen LogP contribution in [0.3, 0.4) is 0 Å². The minimum Gasteiger partial charge on any atom is -0.377 e. The Labute approximate surface area is 132 Å². The van der Waals surface area contributed by atoms with Crippen molar-refractivity contribution in [3.8, 4) is 0 Å². The average molecular weight is 331 g/mol. The third-order valence-corrected chi connectivity index (χ3v) is 3.40. The highest BCUT2D eigenvalue weighted by Crippen LogP contribution is 2.21. The summed E-state index contributed by atoms with van der Waals surface area (Å²) in [5.41, 5.74) is 3.17. The van der Waals surface area contributed by atoms with Gasteiger partial charge in [0.2, 0.25) is 6.10 Å². The standard InChI is InChI=1S/C16H20F3NO3/c1-9-7-10(2)13(11(3)8-9)15(23)20-6-4-5-12(21)14(22)16(17,18)19/h7-8,14,22H,4-6H2,1-3H3,(H,20,23). The molecule has 0 heterocycles. The van der Waals surface area contributed by atoms with Crippen LogP contribution in [0.25, 0.3) is 0 Å². The third kappa shape index (κ3) is 5.35. The first-order chi connectivity index (χ1) is 10.5. The fourth-order valence-corrected chi connectivity index (χ4v) is 2.41. The van der Waals surface area contributed by atoms with Crippen molar-refractivity contribution in [3.05, 3.63) is 34.4 Å². The highest BCUT2D eigenvalue weighted by Gasteiger charge is 2.42. The lowest BCUT2D eigenvalue weighted by Gasteiger charge is -2.14. The van der Waals surface area contributed by atoms with Crippen molar-refractivity contribution in [2.24, 2.45) is 0 Å². The van der Waals surface area contributed by atoms with Crippen LogP contribution in [0.1, 0.15) is 39.9 Å². The number of carbonyl (C=O) groups is 2. The van der Waals surface area contributed by atoms with Gasteiger partial charge in [-0.3, -0.25) is 9.59 Å². The van der Waals surface area contributed by atoms with Crippen molar-refractivity contribution >= 4 is 11.7 Å².